The van der Waals surface area contributed by atoms with E-state index in [0.29, 0.717) is 29.6 Å². The van der Waals surface area contributed by atoms with Gasteiger partial charge in [-0.25, -0.2) is 9.78 Å². The summed E-state index contributed by atoms with van der Waals surface area (Å²) in [5, 5.41) is 17.6. The van der Waals surface area contributed by atoms with Gasteiger partial charge in [0.2, 0.25) is 5.91 Å². The number of benzene rings is 3. The Bertz CT molecular complexity index is 1800. The van der Waals surface area contributed by atoms with Crippen molar-refractivity contribution in [3.8, 4) is 28.1 Å². The number of nitrogens with one attached hydrogen (secondary N) is 1. The second-order valence-electron chi connectivity index (χ2n) is 9.34. The van der Waals surface area contributed by atoms with Crippen molar-refractivity contribution >= 4 is 28.5 Å². The van der Waals surface area contributed by atoms with Crippen molar-refractivity contribution < 1.29 is 33.0 Å². The molecule has 0 radical (unpaired) electrons. The highest BCUT2D eigenvalue weighted by molar-refractivity contribution is 5.93. The third-order valence-electron chi connectivity index (χ3n) is 6.39. The molecule has 0 fully saturated rings. The lowest BCUT2D eigenvalue weighted by Crippen LogP contribution is -2.29. The number of carboxylic acids is 1. The first-order valence-corrected chi connectivity index (χ1v) is 13.0. The number of hydrogen-bond donors (Lipinski definition) is 3. The Morgan fingerprint density at radius 1 is 0.907 bits per heavy atom. The summed E-state index contributed by atoms with van der Waals surface area (Å²) in [6.45, 7) is 2.20. The first-order valence-electron chi connectivity index (χ1n) is 13.0. The van der Waals surface area contributed by atoms with Gasteiger partial charge in [0, 0.05) is 35.5 Å². The molecular weight excluding hydrogens is 563 g/mol. The smallest absolute Gasteiger partial charge is 0.490 e. The second-order valence-corrected chi connectivity index (χ2v) is 9.34. The summed E-state index contributed by atoms with van der Waals surface area (Å²) in [6, 6.07) is 28.2. The van der Waals surface area contributed by atoms with E-state index in [-0.39, 0.29) is 17.2 Å². The largest absolute Gasteiger partial charge is 0.508 e. The molecule has 220 valence electrons. The van der Waals surface area contributed by atoms with Crippen LogP contribution in [-0.4, -0.2) is 38.2 Å². The van der Waals surface area contributed by atoms with Gasteiger partial charge >= 0.3 is 12.1 Å². The predicted octanol–water partition coefficient (Wildman–Crippen LogP) is 6.54. The number of carbonyl (C=O) groups excluding carboxylic acids is 1. The predicted molar refractivity (Wildman–Crippen MR) is 157 cm³/mol. The van der Waals surface area contributed by atoms with Crippen molar-refractivity contribution in [1.82, 2.24) is 9.97 Å². The summed E-state index contributed by atoms with van der Waals surface area (Å²) in [6.07, 6.45) is -3.12. The molecule has 2 heterocycles. The number of aromatic amines is 1. The highest BCUT2D eigenvalue weighted by Gasteiger charge is 2.38. The minimum atomic E-state index is -5.08. The lowest BCUT2D eigenvalue weighted by atomic mass is 9.97. The molecule has 3 N–H and O–H groups in total. The van der Waals surface area contributed by atoms with E-state index in [1.807, 2.05) is 73.7 Å². The molecule has 0 aliphatic heterocycles. The molecule has 0 aliphatic carbocycles. The number of phenols is 1. The zero-order valence-electron chi connectivity index (χ0n) is 22.8. The van der Waals surface area contributed by atoms with Crippen LogP contribution in [0.4, 0.5) is 18.9 Å². The quantitative estimate of drug-likeness (QED) is 0.207. The molecule has 0 bridgehead atoms. The van der Waals surface area contributed by atoms with Gasteiger partial charge in [-0.15, -0.1) is 0 Å². The average Bonchev–Trinajstić information content (AvgIpc) is 3.00. The van der Waals surface area contributed by atoms with Crippen LogP contribution in [0.2, 0.25) is 0 Å². The molecule has 5 aromatic rings. The van der Waals surface area contributed by atoms with Gasteiger partial charge in [-0.2, -0.15) is 13.2 Å². The number of pyridine rings is 2. The van der Waals surface area contributed by atoms with Crippen LogP contribution in [0.25, 0.3) is 33.3 Å². The average molecular weight is 590 g/mol. The van der Waals surface area contributed by atoms with Gasteiger partial charge in [-0.1, -0.05) is 67.6 Å². The third kappa shape index (κ3) is 7.45. The van der Waals surface area contributed by atoms with Crippen LogP contribution in [0.5, 0.6) is 5.75 Å². The topological polar surface area (TPSA) is 124 Å². The number of amides is 1. The number of hydrogen-bond acceptors (Lipinski definition) is 5. The molecule has 0 unspecified atom stereocenters. The number of aliphatic carboxylic acids is 1. The molecule has 0 spiro atoms. The Kier molecular flexibility index (Phi) is 9.24. The monoisotopic (exact) mass is 589 g/mol. The van der Waals surface area contributed by atoms with E-state index in [1.165, 1.54) is 0 Å². The van der Waals surface area contributed by atoms with Gasteiger partial charge in [0.05, 0.1) is 23.1 Å². The molecular formula is C32H26F3N3O5. The minimum absolute atomic E-state index is 0.0301. The first-order chi connectivity index (χ1) is 20.5. The Balaban J connectivity index is 0.000000541. The Hall–Kier alpha value is -5.45. The fourth-order valence-corrected chi connectivity index (χ4v) is 4.29. The molecule has 2 aromatic heterocycles. The van der Waals surface area contributed by atoms with Gasteiger partial charge in [0.1, 0.15) is 5.75 Å². The van der Waals surface area contributed by atoms with Crippen molar-refractivity contribution in [1.29, 1.82) is 0 Å². The number of anilines is 1. The highest BCUT2D eigenvalue weighted by atomic mass is 19.4. The maximum absolute atomic E-state index is 12.7. The molecule has 3 aromatic carbocycles. The van der Waals surface area contributed by atoms with Crippen LogP contribution in [0.1, 0.15) is 18.9 Å². The van der Waals surface area contributed by atoms with E-state index < -0.39 is 12.1 Å². The molecule has 1 amide bonds. The number of halogens is 3. The summed E-state index contributed by atoms with van der Waals surface area (Å²) in [7, 11) is 0. The van der Waals surface area contributed by atoms with E-state index in [4.69, 9.17) is 14.9 Å². The van der Waals surface area contributed by atoms with Crippen LogP contribution < -0.4 is 10.5 Å². The van der Waals surface area contributed by atoms with Crippen molar-refractivity contribution in [2.45, 2.75) is 26.1 Å². The van der Waals surface area contributed by atoms with Crippen LogP contribution in [0.3, 0.4) is 0 Å². The van der Waals surface area contributed by atoms with Crippen molar-refractivity contribution in [2.24, 2.45) is 0 Å². The van der Waals surface area contributed by atoms with Gasteiger partial charge in [0.25, 0.3) is 5.56 Å². The summed E-state index contributed by atoms with van der Waals surface area (Å²) >= 11 is 0. The number of alkyl halides is 3. The standard InChI is InChI=1S/C30H25N3O3.C2HF3O2/c1-2-28(35)33(23-9-6-10-24(34)17-23)19-20-11-13-22(14-12-20)29-25(21-7-4-3-5-8-21)18-26-27(32-29)15-16-31-30(26)36;3-2(4,5)1(6)7/h3-18,34H,2,19H2,1H3,(H,31,36);(H,6,7). The van der Waals surface area contributed by atoms with Crippen molar-refractivity contribution in [3.05, 3.63) is 113 Å². The summed E-state index contributed by atoms with van der Waals surface area (Å²) in [4.78, 5) is 43.3. The van der Waals surface area contributed by atoms with Gasteiger partial charge in [-0.05, 0) is 35.4 Å². The molecule has 43 heavy (non-hydrogen) atoms. The summed E-state index contributed by atoms with van der Waals surface area (Å²) in [5.74, 6) is -2.67. The number of aromatic hydroxyl groups is 1. The minimum Gasteiger partial charge on any atom is -0.508 e. The Morgan fingerprint density at radius 3 is 2.19 bits per heavy atom. The van der Waals surface area contributed by atoms with Crippen molar-refractivity contribution in [2.75, 3.05) is 4.90 Å². The molecule has 8 nitrogen and oxygen atoms in total. The zero-order valence-corrected chi connectivity index (χ0v) is 22.8. The lowest BCUT2D eigenvalue weighted by Gasteiger charge is -2.23. The number of carboxylic acid groups (broad SMARTS) is 1. The summed E-state index contributed by atoms with van der Waals surface area (Å²) in [5.41, 5.74) is 5.58. The van der Waals surface area contributed by atoms with E-state index in [0.717, 1.165) is 27.9 Å². The van der Waals surface area contributed by atoms with Crippen LogP contribution in [-0.2, 0) is 16.1 Å². The second kappa shape index (κ2) is 13.0. The fourth-order valence-electron chi connectivity index (χ4n) is 4.29. The normalized spacial score (nSPS) is 11.0. The number of nitrogens with zero attached hydrogens (tertiary/aromatic N) is 2. The van der Waals surface area contributed by atoms with E-state index >= 15 is 0 Å². The number of fused-ring (bicyclic) bond motifs is 1. The van der Waals surface area contributed by atoms with Gasteiger partial charge in [-0.3, -0.25) is 9.59 Å². The number of rotatable bonds is 6. The maximum Gasteiger partial charge on any atom is 0.490 e. The lowest BCUT2D eigenvalue weighted by molar-refractivity contribution is -0.192. The maximum atomic E-state index is 12.7. The fraction of sp³-hybridized carbons (Fsp3) is 0.125. The van der Waals surface area contributed by atoms with Gasteiger partial charge in [0.15, 0.2) is 0 Å². The molecule has 0 aliphatic rings. The molecule has 5 rings (SSSR count). The zero-order chi connectivity index (χ0) is 31.1. The number of phenolic OH excluding ortho intramolecular Hbond substituents is 1. The first kappa shape index (κ1) is 30.5. The number of H-pyrrole nitrogens is 1. The Morgan fingerprint density at radius 2 is 1.58 bits per heavy atom. The van der Waals surface area contributed by atoms with Crippen LogP contribution in [0, 0.1) is 0 Å². The van der Waals surface area contributed by atoms with Crippen LogP contribution in [0.15, 0.2) is 102 Å². The SMILES string of the molecule is CCC(=O)N(Cc1ccc(-c2nc3cc[nH]c(=O)c3cc2-c2ccccc2)cc1)c1cccc(O)c1.O=C(O)C(F)(F)F. The molecule has 0 atom stereocenters. The molecule has 11 heteroatoms. The van der Waals surface area contributed by atoms with E-state index in [2.05, 4.69) is 4.98 Å². The Labute approximate surface area is 243 Å². The third-order valence-corrected chi connectivity index (χ3v) is 6.39. The van der Waals surface area contributed by atoms with Crippen LogP contribution >= 0.6 is 0 Å². The molecule has 0 saturated heterocycles. The van der Waals surface area contributed by atoms with Gasteiger partial charge < -0.3 is 20.1 Å². The number of aromatic nitrogens is 2. The highest BCUT2D eigenvalue weighted by Crippen LogP contribution is 2.33. The summed E-state index contributed by atoms with van der Waals surface area (Å²) < 4.78 is 31.7. The van der Waals surface area contributed by atoms with E-state index in [9.17, 15) is 27.9 Å². The number of carbonyl (C=O) groups is 2. The van der Waals surface area contributed by atoms with Crippen molar-refractivity contribution in [3.63, 3.8) is 0 Å². The van der Waals surface area contributed by atoms with E-state index in [1.54, 1.807) is 35.4 Å². The molecule has 0 saturated carbocycles.